The van der Waals surface area contributed by atoms with Gasteiger partial charge in [-0.05, 0) is 19.4 Å². The molecular weight excluding hydrogens is 182 g/mol. The van der Waals surface area contributed by atoms with Crippen LogP contribution in [0.1, 0.15) is 19.8 Å². The zero-order valence-electron chi connectivity index (χ0n) is 8.78. The van der Waals surface area contributed by atoms with Crippen molar-refractivity contribution in [2.75, 3.05) is 20.2 Å². The highest BCUT2D eigenvalue weighted by Gasteiger charge is 2.05. The molecule has 0 bridgehead atoms. The van der Waals surface area contributed by atoms with Crippen molar-refractivity contribution in [3.63, 3.8) is 0 Å². The van der Waals surface area contributed by atoms with Crippen LogP contribution in [0, 0.1) is 0 Å². The fraction of sp³-hybridized carbons (Fsp3) is 0.600. The van der Waals surface area contributed by atoms with Gasteiger partial charge in [-0.1, -0.05) is 6.58 Å². The zero-order chi connectivity index (χ0) is 11.0. The molecule has 80 valence electrons. The van der Waals surface area contributed by atoms with Crippen molar-refractivity contribution < 1.29 is 14.3 Å². The lowest BCUT2D eigenvalue weighted by atomic mass is 10.3. The van der Waals surface area contributed by atoms with Crippen LogP contribution < -0.4 is 0 Å². The minimum Gasteiger partial charge on any atom is -0.466 e. The Labute approximate surface area is 84.5 Å². The fourth-order valence-electron chi connectivity index (χ4n) is 0.960. The monoisotopic (exact) mass is 199 g/mol. The van der Waals surface area contributed by atoms with Crippen molar-refractivity contribution >= 4 is 11.9 Å². The Morgan fingerprint density at radius 3 is 2.64 bits per heavy atom. The maximum Gasteiger partial charge on any atom is 0.305 e. The van der Waals surface area contributed by atoms with E-state index in [4.69, 9.17) is 4.74 Å². The first kappa shape index (κ1) is 12.7. The number of likely N-dealkylation sites (N-methyl/N-ethyl adjacent to an activating group) is 1. The van der Waals surface area contributed by atoms with Gasteiger partial charge in [0.1, 0.15) is 0 Å². The van der Waals surface area contributed by atoms with E-state index in [0.717, 1.165) is 0 Å². The molecule has 0 heterocycles. The summed E-state index contributed by atoms with van der Waals surface area (Å²) in [5.74, 6) is -0.346. The highest BCUT2D eigenvalue weighted by atomic mass is 16.5. The van der Waals surface area contributed by atoms with E-state index in [1.807, 2.05) is 0 Å². The first-order valence-electron chi connectivity index (χ1n) is 4.65. The third kappa shape index (κ3) is 5.35. The number of hydrogen-bond donors (Lipinski definition) is 0. The molecule has 0 fully saturated rings. The largest absolute Gasteiger partial charge is 0.466 e. The number of ether oxygens (including phenoxy) is 1. The molecule has 0 N–H and O–H groups in total. The van der Waals surface area contributed by atoms with Crippen LogP contribution in [0.2, 0.25) is 0 Å². The molecule has 0 aliphatic rings. The van der Waals surface area contributed by atoms with E-state index >= 15 is 0 Å². The highest BCUT2D eigenvalue weighted by Crippen LogP contribution is 1.96. The van der Waals surface area contributed by atoms with Gasteiger partial charge in [0.25, 0.3) is 0 Å². The van der Waals surface area contributed by atoms with Crippen molar-refractivity contribution in [2.45, 2.75) is 19.8 Å². The van der Waals surface area contributed by atoms with Gasteiger partial charge in [-0.3, -0.25) is 9.59 Å². The Morgan fingerprint density at radius 2 is 2.14 bits per heavy atom. The lowest BCUT2D eigenvalue weighted by molar-refractivity contribution is -0.143. The summed E-state index contributed by atoms with van der Waals surface area (Å²) in [6, 6.07) is 0. The van der Waals surface area contributed by atoms with E-state index in [1.165, 1.54) is 11.0 Å². The number of carbonyl (C=O) groups is 2. The van der Waals surface area contributed by atoms with Crippen molar-refractivity contribution in [2.24, 2.45) is 0 Å². The smallest absolute Gasteiger partial charge is 0.305 e. The minimum absolute atomic E-state index is 0.131. The van der Waals surface area contributed by atoms with E-state index in [-0.39, 0.29) is 11.9 Å². The quantitative estimate of drug-likeness (QED) is 0.473. The molecule has 0 aromatic heterocycles. The molecule has 0 saturated heterocycles. The molecule has 0 spiro atoms. The number of esters is 1. The van der Waals surface area contributed by atoms with Crippen LogP contribution >= 0.6 is 0 Å². The summed E-state index contributed by atoms with van der Waals surface area (Å²) in [4.78, 5) is 23.4. The second kappa shape index (κ2) is 7.12. The Balaban J connectivity index is 3.58. The minimum atomic E-state index is -0.216. The molecule has 4 heteroatoms. The third-order valence-corrected chi connectivity index (χ3v) is 1.73. The van der Waals surface area contributed by atoms with E-state index in [0.29, 0.717) is 26.0 Å². The van der Waals surface area contributed by atoms with Gasteiger partial charge < -0.3 is 9.64 Å². The summed E-state index contributed by atoms with van der Waals surface area (Å²) in [5, 5.41) is 0. The average molecular weight is 199 g/mol. The van der Waals surface area contributed by atoms with Crippen LogP contribution in [0.4, 0.5) is 0 Å². The number of nitrogens with zero attached hydrogens (tertiary/aromatic N) is 1. The van der Waals surface area contributed by atoms with Crippen molar-refractivity contribution in [1.29, 1.82) is 0 Å². The van der Waals surface area contributed by atoms with Gasteiger partial charge in [0.05, 0.1) is 6.61 Å². The van der Waals surface area contributed by atoms with Crippen LogP contribution in [0.25, 0.3) is 0 Å². The molecule has 0 saturated carbocycles. The fourth-order valence-corrected chi connectivity index (χ4v) is 0.960. The second-order valence-electron chi connectivity index (χ2n) is 2.87. The Morgan fingerprint density at radius 1 is 1.50 bits per heavy atom. The molecule has 0 aliphatic heterocycles. The van der Waals surface area contributed by atoms with Gasteiger partial charge in [-0.2, -0.15) is 0 Å². The first-order valence-corrected chi connectivity index (χ1v) is 4.65. The van der Waals surface area contributed by atoms with E-state index in [2.05, 4.69) is 6.58 Å². The molecule has 0 aromatic carbocycles. The van der Waals surface area contributed by atoms with E-state index in [1.54, 1.807) is 14.0 Å². The summed E-state index contributed by atoms with van der Waals surface area (Å²) in [6.07, 6.45) is 2.22. The van der Waals surface area contributed by atoms with Gasteiger partial charge in [-0.15, -0.1) is 0 Å². The van der Waals surface area contributed by atoms with Crippen molar-refractivity contribution in [1.82, 2.24) is 4.90 Å². The highest BCUT2D eigenvalue weighted by molar-refractivity contribution is 5.86. The lowest BCUT2D eigenvalue weighted by Gasteiger charge is -2.13. The van der Waals surface area contributed by atoms with Gasteiger partial charge in [0.15, 0.2) is 0 Å². The average Bonchev–Trinajstić information content (AvgIpc) is 2.16. The van der Waals surface area contributed by atoms with Gasteiger partial charge in [0, 0.05) is 20.0 Å². The molecule has 0 radical (unpaired) electrons. The van der Waals surface area contributed by atoms with Crippen LogP contribution in [-0.4, -0.2) is 37.0 Å². The first-order chi connectivity index (χ1) is 6.61. The van der Waals surface area contributed by atoms with Crippen molar-refractivity contribution in [3.8, 4) is 0 Å². The predicted molar refractivity (Wildman–Crippen MR) is 53.7 cm³/mol. The molecular formula is C10H17NO3. The van der Waals surface area contributed by atoms with Crippen molar-refractivity contribution in [3.05, 3.63) is 12.7 Å². The molecule has 0 atom stereocenters. The molecule has 0 rings (SSSR count). The van der Waals surface area contributed by atoms with E-state index in [9.17, 15) is 9.59 Å². The van der Waals surface area contributed by atoms with Gasteiger partial charge in [-0.25, -0.2) is 0 Å². The normalized spacial score (nSPS) is 9.29. The van der Waals surface area contributed by atoms with Gasteiger partial charge >= 0.3 is 5.97 Å². The summed E-state index contributed by atoms with van der Waals surface area (Å²) in [7, 11) is 1.68. The molecule has 14 heavy (non-hydrogen) atoms. The lowest BCUT2D eigenvalue weighted by Crippen LogP contribution is -2.26. The maximum atomic E-state index is 11.0. The summed E-state index contributed by atoms with van der Waals surface area (Å²) in [5.41, 5.74) is 0. The number of amides is 1. The zero-order valence-corrected chi connectivity index (χ0v) is 8.78. The number of rotatable bonds is 6. The van der Waals surface area contributed by atoms with Crippen LogP contribution in [-0.2, 0) is 14.3 Å². The summed E-state index contributed by atoms with van der Waals surface area (Å²) < 4.78 is 4.75. The summed E-state index contributed by atoms with van der Waals surface area (Å²) >= 11 is 0. The molecule has 1 amide bonds. The number of hydrogen-bond acceptors (Lipinski definition) is 3. The van der Waals surface area contributed by atoms with Crippen LogP contribution in [0.3, 0.4) is 0 Å². The Bertz CT molecular complexity index is 213. The molecule has 4 nitrogen and oxygen atoms in total. The SMILES string of the molecule is C=CC(=O)N(C)CCCC(=O)OCC. The topological polar surface area (TPSA) is 46.6 Å². The molecule has 0 aromatic rings. The molecule has 0 aliphatic carbocycles. The Kier molecular flexibility index (Phi) is 6.45. The Hall–Kier alpha value is -1.32. The van der Waals surface area contributed by atoms with Gasteiger partial charge in [0.2, 0.25) is 5.91 Å². The standard InChI is InChI=1S/C10H17NO3/c1-4-9(12)11(3)8-6-7-10(13)14-5-2/h4H,1,5-8H2,2-3H3. The number of carbonyl (C=O) groups excluding carboxylic acids is 2. The maximum absolute atomic E-state index is 11.0. The van der Waals surface area contributed by atoms with Crippen LogP contribution in [0.15, 0.2) is 12.7 Å². The summed E-state index contributed by atoms with van der Waals surface area (Å²) in [6.45, 7) is 6.09. The van der Waals surface area contributed by atoms with E-state index < -0.39 is 0 Å². The predicted octanol–water partition coefficient (Wildman–Crippen LogP) is 0.974. The van der Waals surface area contributed by atoms with Crippen LogP contribution in [0.5, 0.6) is 0 Å². The molecule has 0 unspecified atom stereocenters. The third-order valence-electron chi connectivity index (χ3n) is 1.73. The second-order valence-corrected chi connectivity index (χ2v) is 2.87.